The van der Waals surface area contributed by atoms with Crippen molar-refractivity contribution >= 4 is 0 Å². The molecule has 4 unspecified atom stereocenters. The first kappa shape index (κ1) is 12.8. The van der Waals surface area contributed by atoms with Crippen LogP contribution in [0.25, 0.3) is 11.3 Å². The summed E-state index contributed by atoms with van der Waals surface area (Å²) in [5.41, 5.74) is 10.6. The fraction of sp³-hybridized carbons (Fsp3) is 0.500. The molecule has 0 amide bonds. The lowest BCUT2D eigenvalue weighted by atomic mass is 9.86. The van der Waals surface area contributed by atoms with Crippen LogP contribution in [-0.2, 0) is 0 Å². The third kappa shape index (κ3) is 1.61. The predicted molar refractivity (Wildman–Crippen MR) is 93.1 cm³/mol. The molecule has 1 nitrogen and oxygen atoms in total. The maximum atomic E-state index is 4.87. The van der Waals surface area contributed by atoms with Crippen LogP contribution in [0.3, 0.4) is 0 Å². The van der Waals surface area contributed by atoms with Crippen molar-refractivity contribution in [1.29, 1.82) is 0 Å². The smallest absolute Gasteiger partial charge is 0.0705 e. The maximum Gasteiger partial charge on any atom is 0.0705 e. The minimum Gasteiger partial charge on any atom is -0.256 e. The van der Waals surface area contributed by atoms with E-state index in [1.807, 2.05) is 0 Å². The van der Waals surface area contributed by atoms with Gasteiger partial charge in [0.05, 0.1) is 5.69 Å². The van der Waals surface area contributed by atoms with Gasteiger partial charge in [0.1, 0.15) is 0 Å². The van der Waals surface area contributed by atoms with Crippen molar-refractivity contribution < 1.29 is 0 Å². The second kappa shape index (κ2) is 4.26. The molecule has 4 atom stereocenters. The van der Waals surface area contributed by atoms with E-state index in [9.17, 15) is 0 Å². The largest absolute Gasteiger partial charge is 0.256 e. The fourth-order valence-corrected chi connectivity index (χ4v) is 6.28. The van der Waals surface area contributed by atoms with E-state index in [1.165, 1.54) is 55.3 Å². The van der Waals surface area contributed by atoms with E-state index in [2.05, 4.69) is 31.3 Å². The molecular weight excluding hydrogens is 278 g/mol. The van der Waals surface area contributed by atoms with Gasteiger partial charge in [-0.05, 0) is 115 Å². The number of fused-ring (bicyclic) bond motifs is 10. The van der Waals surface area contributed by atoms with Crippen molar-refractivity contribution in [3.05, 3.63) is 52.2 Å². The van der Waals surface area contributed by atoms with Gasteiger partial charge in [-0.1, -0.05) is 0 Å². The summed E-state index contributed by atoms with van der Waals surface area (Å²) in [6.07, 6.45) is 10.6. The highest BCUT2D eigenvalue weighted by atomic mass is 14.7. The Kier molecular flexibility index (Phi) is 2.36. The van der Waals surface area contributed by atoms with E-state index in [0.717, 1.165) is 23.7 Å². The van der Waals surface area contributed by atoms with Gasteiger partial charge < -0.3 is 0 Å². The van der Waals surface area contributed by atoms with Crippen LogP contribution in [0.5, 0.6) is 0 Å². The number of benzene rings is 1. The van der Waals surface area contributed by atoms with Gasteiger partial charge in [0.25, 0.3) is 0 Å². The average molecular weight is 301 g/mol. The molecule has 1 aromatic carbocycles. The normalized spacial score (nSPS) is 32.4. The number of hydrogen-bond donors (Lipinski definition) is 0. The molecule has 6 rings (SSSR count). The van der Waals surface area contributed by atoms with Crippen molar-refractivity contribution in [1.82, 2.24) is 4.98 Å². The Morgan fingerprint density at radius 3 is 2.35 bits per heavy atom. The summed E-state index contributed by atoms with van der Waals surface area (Å²) in [6, 6.07) is 7.31. The molecule has 0 spiro atoms. The molecule has 0 aliphatic heterocycles. The lowest BCUT2D eigenvalue weighted by Gasteiger charge is -2.20. The molecule has 2 aromatic rings. The Bertz CT molecular complexity index is 834. The van der Waals surface area contributed by atoms with E-state index in [-0.39, 0.29) is 0 Å². The molecule has 0 N–H and O–H groups in total. The first-order valence-electron chi connectivity index (χ1n) is 9.42. The first-order chi connectivity index (χ1) is 11.3. The molecule has 1 heterocycles. The Labute approximate surface area is 138 Å². The third-order valence-electron chi connectivity index (χ3n) is 7.28. The molecular formula is C22H23N. The van der Waals surface area contributed by atoms with Gasteiger partial charge in [-0.15, -0.1) is 0 Å². The Balaban J connectivity index is 1.49. The Morgan fingerprint density at radius 2 is 1.48 bits per heavy atom. The van der Waals surface area contributed by atoms with Gasteiger partial charge in [-0.2, -0.15) is 0 Å². The zero-order chi connectivity index (χ0) is 15.1. The summed E-state index contributed by atoms with van der Waals surface area (Å²) < 4.78 is 0. The van der Waals surface area contributed by atoms with Gasteiger partial charge >= 0.3 is 0 Å². The van der Waals surface area contributed by atoms with Crippen LogP contribution in [0.15, 0.2) is 24.4 Å². The number of hydrogen-bond acceptors (Lipinski definition) is 1. The quantitative estimate of drug-likeness (QED) is 0.650. The first-order valence-corrected chi connectivity index (χ1v) is 9.42. The highest BCUT2D eigenvalue weighted by Crippen LogP contribution is 2.55. The SMILES string of the molecule is Cc1cc(-c2cc3c(cn2)C2CCC3C2)cc2c1C1CCC2C1. The summed E-state index contributed by atoms with van der Waals surface area (Å²) in [7, 11) is 0. The van der Waals surface area contributed by atoms with Crippen LogP contribution < -0.4 is 0 Å². The molecule has 4 bridgehead atoms. The van der Waals surface area contributed by atoms with Gasteiger partial charge in [0.15, 0.2) is 0 Å². The monoisotopic (exact) mass is 301 g/mol. The second-order valence-corrected chi connectivity index (χ2v) is 8.41. The molecule has 1 heteroatoms. The minimum atomic E-state index is 0.814. The molecule has 2 fully saturated rings. The molecule has 0 saturated heterocycles. The van der Waals surface area contributed by atoms with Gasteiger partial charge in [0.2, 0.25) is 0 Å². The van der Waals surface area contributed by atoms with Crippen molar-refractivity contribution in [3.8, 4) is 11.3 Å². The van der Waals surface area contributed by atoms with Gasteiger partial charge in [-0.25, -0.2) is 0 Å². The zero-order valence-corrected chi connectivity index (χ0v) is 13.8. The molecule has 4 aliphatic carbocycles. The van der Waals surface area contributed by atoms with Crippen LogP contribution in [0.2, 0.25) is 0 Å². The van der Waals surface area contributed by atoms with Crippen molar-refractivity contribution in [3.63, 3.8) is 0 Å². The fourth-order valence-electron chi connectivity index (χ4n) is 6.28. The van der Waals surface area contributed by atoms with E-state index < -0.39 is 0 Å². The summed E-state index contributed by atoms with van der Waals surface area (Å²) >= 11 is 0. The molecule has 116 valence electrons. The number of nitrogens with zero attached hydrogens (tertiary/aromatic N) is 1. The van der Waals surface area contributed by atoms with Crippen molar-refractivity contribution in [2.24, 2.45) is 0 Å². The van der Waals surface area contributed by atoms with Crippen molar-refractivity contribution in [2.75, 3.05) is 0 Å². The number of rotatable bonds is 1. The van der Waals surface area contributed by atoms with E-state index in [0.29, 0.717) is 0 Å². The zero-order valence-electron chi connectivity index (χ0n) is 13.8. The number of pyridine rings is 1. The number of aromatic nitrogens is 1. The Hall–Kier alpha value is -1.63. The third-order valence-corrected chi connectivity index (χ3v) is 7.28. The van der Waals surface area contributed by atoms with E-state index in [1.54, 1.807) is 22.3 Å². The molecule has 0 radical (unpaired) electrons. The minimum absolute atomic E-state index is 0.814. The topological polar surface area (TPSA) is 12.9 Å². The molecule has 1 aromatic heterocycles. The standard InChI is InChI=1S/C22H23N/c1-12-6-17(9-19-14-4-5-16(8-14)22(12)19)21-10-18-13-2-3-15(7-13)20(18)11-23-21/h6,9-11,13-16H,2-5,7-8H2,1H3. The molecule has 23 heavy (non-hydrogen) atoms. The highest BCUT2D eigenvalue weighted by Gasteiger charge is 2.39. The molecule has 2 saturated carbocycles. The average Bonchev–Trinajstić information content (AvgIpc) is 3.34. The summed E-state index contributed by atoms with van der Waals surface area (Å²) in [5.74, 6) is 3.32. The van der Waals surface area contributed by atoms with Gasteiger partial charge in [-0.3, -0.25) is 4.98 Å². The summed E-state index contributed by atoms with van der Waals surface area (Å²) in [5, 5.41) is 0. The van der Waals surface area contributed by atoms with Crippen LogP contribution in [0, 0.1) is 6.92 Å². The van der Waals surface area contributed by atoms with E-state index in [4.69, 9.17) is 4.98 Å². The maximum absolute atomic E-state index is 4.87. The lowest BCUT2D eigenvalue weighted by molar-refractivity contribution is 0.712. The lowest BCUT2D eigenvalue weighted by Crippen LogP contribution is -2.03. The van der Waals surface area contributed by atoms with E-state index >= 15 is 0 Å². The number of aryl methyl sites for hydroxylation is 1. The van der Waals surface area contributed by atoms with Crippen LogP contribution in [-0.4, -0.2) is 4.98 Å². The predicted octanol–water partition coefficient (Wildman–Crippen LogP) is 5.79. The van der Waals surface area contributed by atoms with Crippen LogP contribution >= 0.6 is 0 Å². The van der Waals surface area contributed by atoms with Crippen LogP contribution in [0.4, 0.5) is 0 Å². The highest BCUT2D eigenvalue weighted by molar-refractivity contribution is 5.66. The van der Waals surface area contributed by atoms with Crippen LogP contribution in [0.1, 0.15) is 90.0 Å². The summed E-state index contributed by atoms with van der Waals surface area (Å²) in [4.78, 5) is 4.87. The second-order valence-electron chi connectivity index (χ2n) is 8.41. The summed E-state index contributed by atoms with van der Waals surface area (Å²) in [6.45, 7) is 2.32. The van der Waals surface area contributed by atoms with Gasteiger partial charge in [0, 0.05) is 11.8 Å². The Morgan fingerprint density at radius 1 is 0.783 bits per heavy atom. The molecule has 4 aliphatic rings. The van der Waals surface area contributed by atoms with Crippen molar-refractivity contribution in [2.45, 2.75) is 69.1 Å².